The summed E-state index contributed by atoms with van der Waals surface area (Å²) in [7, 11) is -3.65. The summed E-state index contributed by atoms with van der Waals surface area (Å²) in [6.45, 7) is 2.90. The Hall–Kier alpha value is -2.42. The van der Waals surface area contributed by atoms with Crippen LogP contribution in [0, 0.1) is 0 Å². The maximum Gasteiger partial charge on any atom is 0.247 e. The third-order valence-corrected chi connectivity index (χ3v) is 7.19. The fourth-order valence-corrected chi connectivity index (χ4v) is 4.75. The number of piperazine rings is 1. The van der Waals surface area contributed by atoms with Gasteiger partial charge in [0.2, 0.25) is 21.8 Å². The molecule has 0 spiro atoms. The van der Waals surface area contributed by atoms with E-state index >= 15 is 0 Å². The highest BCUT2D eigenvalue weighted by atomic mass is 35.5. The Morgan fingerprint density at radius 1 is 1.13 bits per heavy atom. The van der Waals surface area contributed by atoms with Crippen molar-refractivity contribution in [2.24, 2.45) is 0 Å². The van der Waals surface area contributed by atoms with E-state index in [0.717, 1.165) is 9.87 Å². The van der Waals surface area contributed by atoms with Crippen LogP contribution in [-0.4, -0.2) is 48.9 Å². The number of anilines is 1. The van der Waals surface area contributed by atoms with E-state index in [1.54, 1.807) is 31.2 Å². The van der Waals surface area contributed by atoms with Crippen LogP contribution in [0.5, 0.6) is 0 Å². The quantitative estimate of drug-likeness (QED) is 0.733. The SMILES string of the molecule is CCS(=O)(=O)N1CC(=O)N(c2ccc(Cl)cc2)[C@@](C)(C(=O)NCc2ccccc2)C1. The first-order chi connectivity index (χ1) is 14.2. The van der Waals surface area contributed by atoms with Gasteiger partial charge in [-0.3, -0.25) is 14.5 Å². The molecule has 3 rings (SSSR count). The Morgan fingerprint density at radius 2 is 1.77 bits per heavy atom. The first-order valence-corrected chi connectivity index (χ1v) is 11.5. The molecule has 0 aliphatic carbocycles. The Labute approximate surface area is 181 Å². The molecule has 2 aromatic rings. The van der Waals surface area contributed by atoms with Gasteiger partial charge in [-0.25, -0.2) is 8.42 Å². The Morgan fingerprint density at radius 3 is 2.37 bits per heavy atom. The molecule has 160 valence electrons. The maximum absolute atomic E-state index is 13.3. The van der Waals surface area contributed by atoms with E-state index < -0.39 is 27.4 Å². The standard InChI is InChI=1S/C21H24ClN3O4S/c1-3-30(28,29)24-14-19(26)25(18-11-9-17(22)10-12-18)21(2,15-24)20(27)23-13-16-7-5-4-6-8-16/h4-12H,3,13-15H2,1-2H3,(H,23,27)/t21-/m1/s1. The van der Waals surface area contributed by atoms with Gasteiger partial charge >= 0.3 is 0 Å². The Bertz CT molecular complexity index is 1030. The molecule has 1 fully saturated rings. The molecular weight excluding hydrogens is 426 g/mol. The summed E-state index contributed by atoms with van der Waals surface area (Å²) < 4.78 is 26.1. The van der Waals surface area contributed by atoms with Crippen LogP contribution < -0.4 is 10.2 Å². The maximum atomic E-state index is 13.3. The zero-order valence-electron chi connectivity index (χ0n) is 16.8. The normalized spacial score (nSPS) is 20.2. The second-order valence-corrected chi connectivity index (χ2v) is 10.0. The molecule has 0 unspecified atom stereocenters. The molecule has 2 amide bonds. The molecule has 1 N–H and O–H groups in total. The minimum atomic E-state index is -3.65. The van der Waals surface area contributed by atoms with Gasteiger partial charge in [0, 0.05) is 23.8 Å². The Kier molecular flexibility index (Phi) is 6.50. The van der Waals surface area contributed by atoms with Crippen LogP contribution in [-0.2, 0) is 26.2 Å². The molecule has 30 heavy (non-hydrogen) atoms. The fourth-order valence-electron chi connectivity index (χ4n) is 3.51. The van der Waals surface area contributed by atoms with Crippen molar-refractivity contribution in [1.29, 1.82) is 0 Å². The summed E-state index contributed by atoms with van der Waals surface area (Å²) >= 11 is 5.97. The lowest BCUT2D eigenvalue weighted by molar-refractivity contribution is -0.133. The zero-order valence-corrected chi connectivity index (χ0v) is 18.4. The number of carbonyl (C=O) groups excluding carboxylic acids is 2. The molecule has 0 radical (unpaired) electrons. The smallest absolute Gasteiger partial charge is 0.247 e. The van der Waals surface area contributed by atoms with Crippen LogP contribution in [0.2, 0.25) is 5.02 Å². The summed E-state index contributed by atoms with van der Waals surface area (Å²) in [6, 6.07) is 15.9. The molecule has 1 heterocycles. The van der Waals surface area contributed by atoms with Crippen molar-refractivity contribution in [3.63, 3.8) is 0 Å². The molecular formula is C21H24ClN3O4S. The van der Waals surface area contributed by atoms with Crippen LogP contribution in [0.4, 0.5) is 5.69 Å². The van der Waals surface area contributed by atoms with E-state index in [4.69, 9.17) is 11.6 Å². The van der Waals surface area contributed by atoms with Crippen LogP contribution in [0.3, 0.4) is 0 Å². The molecule has 1 saturated heterocycles. The van der Waals surface area contributed by atoms with E-state index in [2.05, 4.69) is 5.32 Å². The van der Waals surface area contributed by atoms with Gasteiger partial charge in [-0.05, 0) is 43.7 Å². The number of hydrogen-bond donors (Lipinski definition) is 1. The summed E-state index contributed by atoms with van der Waals surface area (Å²) in [5.41, 5.74) is -0.0526. The van der Waals surface area contributed by atoms with Gasteiger partial charge in [-0.1, -0.05) is 41.9 Å². The molecule has 7 nitrogen and oxygen atoms in total. The lowest BCUT2D eigenvalue weighted by Gasteiger charge is -2.46. The van der Waals surface area contributed by atoms with Crippen molar-refractivity contribution >= 4 is 39.1 Å². The number of hydrogen-bond acceptors (Lipinski definition) is 4. The Balaban J connectivity index is 1.96. The topological polar surface area (TPSA) is 86.8 Å². The van der Waals surface area contributed by atoms with Crippen LogP contribution in [0.25, 0.3) is 0 Å². The molecule has 0 aromatic heterocycles. The van der Waals surface area contributed by atoms with E-state index in [1.807, 2.05) is 30.3 Å². The third-order valence-electron chi connectivity index (χ3n) is 5.17. The monoisotopic (exact) mass is 449 g/mol. The lowest BCUT2D eigenvalue weighted by atomic mass is 9.94. The first-order valence-electron chi connectivity index (χ1n) is 9.56. The number of sulfonamides is 1. The van der Waals surface area contributed by atoms with Crippen molar-refractivity contribution in [2.45, 2.75) is 25.9 Å². The van der Waals surface area contributed by atoms with Gasteiger partial charge in [0.1, 0.15) is 5.54 Å². The largest absolute Gasteiger partial charge is 0.350 e. The molecule has 1 aliphatic rings. The van der Waals surface area contributed by atoms with Gasteiger partial charge in [0.05, 0.1) is 12.3 Å². The first kappa shape index (κ1) is 22.3. The van der Waals surface area contributed by atoms with Crippen molar-refractivity contribution in [2.75, 3.05) is 23.7 Å². The highest BCUT2D eigenvalue weighted by molar-refractivity contribution is 7.89. The van der Waals surface area contributed by atoms with Crippen molar-refractivity contribution in [1.82, 2.24) is 9.62 Å². The minimum Gasteiger partial charge on any atom is -0.350 e. The van der Waals surface area contributed by atoms with Crippen LogP contribution in [0.15, 0.2) is 54.6 Å². The number of benzene rings is 2. The van der Waals surface area contributed by atoms with E-state index in [1.165, 1.54) is 11.8 Å². The van der Waals surface area contributed by atoms with Gasteiger partial charge in [-0.15, -0.1) is 0 Å². The number of halogens is 1. The number of amides is 2. The average Bonchev–Trinajstić information content (AvgIpc) is 2.73. The fraction of sp³-hybridized carbons (Fsp3) is 0.333. The van der Waals surface area contributed by atoms with Gasteiger partial charge < -0.3 is 5.32 Å². The highest BCUT2D eigenvalue weighted by Gasteiger charge is 2.50. The van der Waals surface area contributed by atoms with Gasteiger partial charge in [0.25, 0.3) is 0 Å². The molecule has 2 aromatic carbocycles. The van der Waals surface area contributed by atoms with Crippen molar-refractivity contribution in [3.8, 4) is 0 Å². The molecule has 9 heteroatoms. The lowest BCUT2D eigenvalue weighted by Crippen LogP contribution is -2.70. The molecule has 0 bridgehead atoms. The zero-order chi connectivity index (χ0) is 21.9. The predicted molar refractivity (Wildman–Crippen MR) is 117 cm³/mol. The van der Waals surface area contributed by atoms with Gasteiger partial charge in [0.15, 0.2) is 0 Å². The predicted octanol–water partition coefficient (Wildman–Crippen LogP) is 2.41. The molecule has 0 saturated carbocycles. The average molecular weight is 450 g/mol. The number of nitrogens with zero attached hydrogens (tertiary/aromatic N) is 2. The van der Waals surface area contributed by atoms with E-state index in [9.17, 15) is 18.0 Å². The second kappa shape index (κ2) is 8.75. The number of rotatable bonds is 6. The number of nitrogens with one attached hydrogen (secondary N) is 1. The van der Waals surface area contributed by atoms with Crippen LogP contribution >= 0.6 is 11.6 Å². The summed E-state index contributed by atoms with van der Waals surface area (Å²) in [5, 5.41) is 3.34. The minimum absolute atomic E-state index is 0.141. The summed E-state index contributed by atoms with van der Waals surface area (Å²) in [5.74, 6) is -1.06. The van der Waals surface area contributed by atoms with Gasteiger partial charge in [-0.2, -0.15) is 4.31 Å². The summed E-state index contributed by atoms with van der Waals surface area (Å²) in [4.78, 5) is 27.7. The summed E-state index contributed by atoms with van der Waals surface area (Å²) in [6.07, 6.45) is 0. The van der Waals surface area contributed by atoms with E-state index in [-0.39, 0.29) is 25.4 Å². The molecule has 1 aliphatic heterocycles. The van der Waals surface area contributed by atoms with E-state index in [0.29, 0.717) is 10.7 Å². The second-order valence-electron chi connectivity index (χ2n) is 7.32. The van der Waals surface area contributed by atoms with Crippen LogP contribution in [0.1, 0.15) is 19.4 Å². The van der Waals surface area contributed by atoms with Crippen molar-refractivity contribution < 1.29 is 18.0 Å². The van der Waals surface area contributed by atoms with Crippen molar-refractivity contribution in [3.05, 3.63) is 65.2 Å². The molecule has 1 atom stereocenters. The number of carbonyl (C=O) groups is 2. The third kappa shape index (κ3) is 4.50. The highest BCUT2D eigenvalue weighted by Crippen LogP contribution is 2.31.